The molecule has 0 aliphatic carbocycles. The number of nitrogens with two attached hydrogens (primary N) is 1. The van der Waals surface area contributed by atoms with Crippen LogP contribution in [0, 0.1) is 0 Å². The summed E-state index contributed by atoms with van der Waals surface area (Å²) >= 11 is 0. The van der Waals surface area contributed by atoms with Gasteiger partial charge in [0.1, 0.15) is 0 Å². The molecule has 5 nitrogen and oxygen atoms in total. The summed E-state index contributed by atoms with van der Waals surface area (Å²) in [5.41, 5.74) is 6.04. The number of hydrogen-bond acceptors (Lipinski definition) is 5. The predicted octanol–water partition coefficient (Wildman–Crippen LogP) is -0.568. The average molecular weight is 269 g/mol. The summed E-state index contributed by atoms with van der Waals surface area (Å²) in [5.74, 6) is 0. The molecule has 3 aliphatic heterocycles. The topological polar surface area (TPSA) is 56.9 Å². The van der Waals surface area contributed by atoms with Gasteiger partial charge < -0.3 is 11.1 Å². The second kappa shape index (κ2) is 5.83. The monoisotopic (exact) mass is 269 g/mol. The molecule has 3 aliphatic rings. The van der Waals surface area contributed by atoms with Gasteiger partial charge in [0.25, 0.3) is 0 Å². The van der Waals surface area contributed by atoms with Gasteiger partial charge in [-0.05, 0) is 12.8 Å². The lowest BCUT2D eigenvalue weighted by molar-refractivity contribution is 0.0613. The van der Waals surface area contributed by atoms with Crippen molar-refractivity contribution in [2.75, 3.05) is 39.4 Å². The zero-order valence-electron chi connectivity index (χ0n) is 11.3. The Morgan fingerprint density at radius 2 is 2.00 bits per heavy atom. The Morgan fingerprint density at radius 1 is 1.21 bits per heavy atom. The highest BCUT2D eigenvalue weighted by atomic mass is 19.1. The van der Waals surface area contributed by atoms with Crippen molar-refractivity contribution in [1.29, 1.82) is 0 Å². The number of likely N-dealkylation sites (tertiary alicyclic amines) is 1. The quantitative estimate of drug-likeness (QED) is 0.705. The molecule has 0 aromatic rings. The third-order valence-corrected chi connectivity index (χ3v) is 4.66. The summed E-state index contributed by atoms with van der Waals surface area (Å²) in [6.07, 6.45) is 2.67. The zero-order chi connectivity index (χ0) is 13.2. The Morgan fingerprint density at radius 3 is 2.63 bits per heavy atom. The van der Waals surface area contributed by atoms with E-state index in [0.29, 0.717) is 12.6 Å². The second-order valence-corrected chi connectivity index (χ2v) is 5.85. The fraction of sp³-hybridized carbons (Fsp3) is 0.923. The van der Waals surface area contributed by atoms with Crippen molar-refractivity contribution in [3.8, 4) is 0 Å². The number of nitrogens with one attached hydrogen (secondary N) is 1. The highest BCUT2D eigenvalue weighted by Crippen LogP contribution is 2.23. The summed E-state index contributed by atoms with van der Waals surface area (Å²) < 4.78 is 14.0. The summed E-state index contributed by atoms with van der Waals surface area (Å²) in [6.45, 7) is 5.71. The van der Waals surface area contributed by atoms with E-state index in [1.807, 2.05) is 0 Å². The highest BCUT2D eigenvalue weighted by Gasteiger charge is 2.37. The van der Waals surface area contributed by atoms with E-state index >= 15 is 0 Å². The van der Waals surface area contributed by atoms with Crippen molar-refractivity contribution in [2.24, 2.45) is 10.7 Å². The number of nitrogens with zero attached hydrogens (tertiary/aromatic N) is 3. The molecule has 19 heavy (non-hydrogen) atoms. The molecule has 0 bridgehead atoms. The maximum atomic E-state index is 14.0. The molecule has 3 rings (SSSR count). The van der Waals surface area contributed by atoms with Crippen molar-refractivity contribution < 1.29 is 4.39 Å². The Balaban J connectivity index is 1.55. The molecule has 2 saturated heterocycles. The molecule has 6 heteroatoms. The van der Waals surface area contributed by atoms with E-state index in [9.17, 15) is 4.39 Å². The van der Waals surface area contributed by atoms with E-state index < -0.39 is 6.17 Å². The minimum absolute atomic E-state index is 0.162. The van der Waals surface area contributed by atoms with Crippen molar-refractivity contribution >= 4 is 6.21 Å². The highest BCUT2D eigenvalue weighted by molar-refractivity contribution is 5.65. The molecule has 0 saturated carbocycles. The van der Waals surface area contributed by atoms with Gasteiger partial charge in [-0.3, -0.25) is 14.8 Å². The normalized spacial score (nSPS) is 38.9. The number of alkyl halides is 1. The molecule has 2 fully saturated rings. The Labute approximate surface area is 114 Å². The summed E-state index contributed by atoms with van der Waals surface area (Å²) in [6, 6.07) is 0.318. The molecule has 0 aromatic carbocycles. The molecule has 3 N–H and O–H groups in total. The molecule has 0 aromatic heterocycles. The van der Waals surface area contributed by atoms with Gasteiger partial charge >= 0.3 is 0 Å². The van der Waals surface area contributed by atoms with Crippen LogP contribution in [0.5, 0.6) is 0 Å². The Bertz CT molecular complexity index is 323. The van der Waals surface area contributed by atoms with Crippen LogP contribution in [0.3, 0.4) is 0 Å². The van der Waals surface area contributed by atoms with E-state index in [2.05, 4.69) is 20.1 Å². The SMILES string of the molecule is NC1CN=CC(F)C1N1CCC(N2CCNC2)CC1. The second-order valence-electron chi connectivity index (χ2n) is 5.85. The van der Waals surface area contributed by atoms with Crippen molar-refractivity contribution in [3.05, 3.63) is 0 Å². The van der Waals surface area contributed by atoms with Crippen molar-refractivity contribution in [3.63, 3.8) is 0 Å². The molecular weight excluding hydrogens is 245 g/mol. The first-order chi connectivity index (χ1) is 9.25. The lowest BCUT2D eigenvalue weighted by Gasteiger charge is -2.43. The first-order valence-electron chi connectivity index (χ1n) is 7.34. The van der Waals surface area contributed by atoms with E-state index in [0.717, 1.165) is 45.7 Å². The van der Waals surface area contributed by atoms with Gasteiger partial charge in [0.15, 0.2) is 6.17 Å². The maximum Gasteiger partial charge on any atom is 0.152 e. The van der Waals surface area contributed by atoms with Gasteiger partial charge in [-0.2, -0.15) is 0 Å². The number of halogens is 1. The fourth-order valence-electron chi connectivity index (χ4n) is 3.57. The minimum Gasteiger partial charge on any atom is -0.325 e. The van der Waals surface area contributed by atoms with Crippen LogP contribution in [0.2, 0.25) is 0 Å². The van der Waals surface area contributed by atoms with Crippen LogP contribution in [0.4, 0.5) is 4.39 Å². The molecule has 0 radical (unpaired) electrons. The molecular formula is C13H24FN5. The number of piperidine rings is 1. The molecule has 108 valence electrons. The Kier molecular flexibility index (Phi) is 4.12. The largest absolute Gasteiger partial charge is 0.325 e. The van der Waals surface area contributed by atoms with Gasteiger partial charge in [0.05, 0.1) is 12.6 Å². The maximum absolute atomic E-state index is 14.0. The van der Waals surface area contributed by atoms with E-state index in [1.165, 1.54) is 6.21 Å². The van der Waals surface area contributed by atoms with Gasteiger partial charge in [0, 0.05) is 51.1 Å². The molecule has 0 spiro atoms. The van der Waals surface area contributed by atoms with E-state index in [4.69, 9.17) is 5.73 Å². The number of aliphatic imine (C=N–C) groups is 1. The van der Waals surface area contributed by atoms with Crippen LogP contribution in [0.1, 0.15) is 12.8 Å². The first-order valence-corrected chi connectivity index (χ1v) is 7.34. The molecule has 3 atom stereocenters. The molecule has 3 unspecified atom stereocenters. The van der Waals surface area contributed by atoms with Crippen molar-refractivity contribution in [2.45, 2.75) is 37.1 Å². The lowest BCUT2D eigenvalue weighted by atomic mass is 9.95. The smallest absolute Gasteiger partial charge is 0.152 e. The molecule has 3 heterocycles. The van der Waals surface area contributed by atoms with Gasteiger partial charge in [-0.15, -0.1) is 0 Å². The first kappa shape index (κ1) is 13.4. The summed E-state index contributed by atoms with van der Waals surface area (Å²) in [5, 5.41) is 3.37. The Hall–Kier alpha value is -0.560. The fourth-order valence-corrected chi connectivity index (χ4v) is 3.57. The summed E-state index contributed by atoms with van der Waals surface area (Å²) in [7, 11) is 0. The number of hydrogen-bond donors (Lipinski definition) is 2. The van der Waals surface area contributed by atoms with Gasteiger partial charge in [-0.1, -0.05) is 0 Å². The van der Waals surface area contributed by atoms with E-state index in [1.54, 1.807) is 0 Å². The van der Waals surface area contributed by atoms with Gasteiger partial charge in [0.2, 0.25) is 0 Å². The summed E-state index contributed by atoms with van der Waals surface area (Å²) in [4.78, 5) is 8.74. The third-order valence-electron chi connectivity index (χ3n) is 4.66. The van der Waals surface area contributed by atoms with Crippen LogP contribution in [-0.2, 0) is 0 Å². The average Bonchev–Trinajstić information content (AvgIpc) is 2.93. The van der Waals surface area contributed by atoms with E-state index in [-0.39, 0.29) is 12.1 Å². The zero-order valence-corrected chi connectivity index (χ0v) is 11.3. The number of rotatable bonds is 2. The lowest BCUT2D eigenvalue weighted by Crippen LogP contribution is -2.59. The van der Waals surface area contributed by atoms with Crippen LogP contribution in [0.15, 0.2) is 4.99 Å². The van der Waals surface area contributed by atoms with Crippen LogP contribution < -0.4 is 11.1 Å². The van der Waals surface area contributed by atoms with Crippen molar-refractivity contribution in [1.82, 2.24) is 15.1 Å². The standard InChI is InChI=1S/C13H24FN5/c14-11-7-17-8-12(15)13(11)18-4-1-10(2-5-18)19-6-3-16-9-19/h7,10-13,16H,1-6,8-9,15H2. The third kappa shape index (κ3) is 2.81. The van der Waals surface area contributed by atoms with Crippen LogP contribution in [0.25, 0.3) is 0 Å². The van der Waals surface area contributed by atoms with Crippen LogP contribution >= 0.6 is 0 Å². The minimum atomic E-state index is -1.01. The predicted molar refractivity (Wildman–Crippen MR) is 74.2 cm³/mol. The molecule has 0 amide bonds. The van der Waals surface area contributed by atoms with Gasteiger partial charge in [-0.25, -0.2) is 4.39 Å². The van der Waals surface area contributed by atoms with Crippen LogP contribution in [-0.4, -0.2) is 79.7 Å².